The van der Waals surface area contributed by atoms with Gasteiger partial charge in [-0.1, -0.05) is 48.5 Å². The van der Waals surface area contributed by atoms with Crippen LogP contribution in [0, 0.1) is 13.8 Å². The molecule has 0 saturated heterocycles. The topological polar surface area (TPSA) is 67.2 Å². The summed E-state index contributed by atoms with van der Waals surface area (Å²) in [5, 5.41) is 17.5. The van der Waals surface area contributed by atoms with Crippen molar-refractivity contribution < 1.29 is 9.90 Å². The van der Waals surface area contributed by atoms with Crippen molar-refractivity contribution in [3.05, 3.63) is 77.6 Å². The van der Waals surface area contributed by atoms with E-state index < -0.39 is 12.0 Å². The summed E-state index contributed by atoms with van der Waals surface area (Å²) in [5.74, 6) is -0.472. The van der Waals surface area contributed by atoms with Crippen LogP contribution in [0.1, 0.15) is 23.1 Å². The highest BCUT2D eigenvalue weighted by molar-refractivity contribution is 5.95. The molecular formula is C19H19N3O2. The summed E-state index contributed by atoms with van der Waals surface area (Å²) in [4.78, 5) is 12.4. The Kier molecular flexibility index (Phi) is 4.44. The first kappa shape index (κ1) is 16.0. The monoisotopic (exact) mass is 321 g/mol. The maximum atomic E-state index is 12.4. The van der Waals surface area contributed by atoms with Crippen molar-refractivity contribution in [2.45, 2.75) is 20.0 Å². The first-order valence-electron chi connectivity index (χ1n) is 7.73. The van der Waals surface area contributed by atoms with Crippen LogP contribution in [0.3, 0.4) is 0 Å². The minimum Gasteiger partial charge on any atom is -0.378 e. The van der Waals surface area contributed by atoms with Crippen LogP contribution < -0.4 is 5.32 Å². The van der Waals surface area contributed by atoms with E-state index in [-0.39, 0.29) is 0 Å². The predicted molar refractivity (Wildman–Crippen MR) is 93.1 cm³/mol. The lowest BCUT2D eigenvalue weighted by Gasteiger charge is -2.12. The summed E-state index contributed by atoms with van der Waals surface area (Å²) in [7, 11) is 0. The van der Waals surface area contributed by atoms with E-state index in [0.29, 0.717) is 16.9 Å². The standard InChI is InChI=1S/C19H19N3O2/c1-13-17(14(2)22(21-13)16-11-7-4-8-12-16)20-19(24)18(23)15-9-5-3-6-10-15/h3-12,18,23H,1-2H3,(H,20,24). The van der Waals surface area contributed by atoms with Gasteiger partial charge in [0.1, 0.15) is 0 Å². The van der Waals surface area contributed by atoms with E-state index in [1.54, 1.807) is 28.9 Å². The highest BCUT2D eigenvalue weighted by Crippen LogP contribution is 2.24. The average molecular weight is 321 g/mol. The van der Waals surface area contributed by atoms with Gasteiger partial charge in [-0.05, 0) is 31.5 Å². The van der Waals surface area contributed by atoms with Gasteiger partial charge in [0.2, 0.25) is 0 Å². The van der Waals surface area contributed by atoms with Crippen LogP contribution in [0.25, 0.3) is 5.69 Å². The maximum absolute atomic E-state index is 12.4. The fraction of sp³-hybridized carbons (Fsp3) is 0.158. The lowest BCUT2D eigenvalue weighted by Crippen LogP contribution is -2.21. The number of aliphatic hydroxyl groups is 1. The molecule has 0 spiro atoms. The van der Waals surface area contributed by atoms with Crippen LogP contribution in [0.15, 0.2) is 60.7 Å². The lowest BCUT2D eigenvalue weighted by atomic mass is 10.1. The maximum Gasteiger partial charge on any atom is 0.257 e. The molecule has 24 heavy (non-hydrogen) atoms. The molecule has 0 aliphatic carbocycles. The van der Waals surface area contributed by atoms with Crippen LogP contribution in [0.5, 0.6) is 0 Å². The SMILES string of the molecule is Cc1nn(-c2ccccc2)c(C)c1NC(=O)C(O)c1ccccc1. The molecule has 1 amide bonds. The molecule has 1 heterocycles. The summed E-state index contributed by atoms with van der Waals surface area (Å²) >= 11 is 0. The smallest absolute Gasteiger partial charge is 0.257 e. The normalized spacial score (nSPS) is 12.0. The molecule has 2 N–H and O–H groups in total. The van der Waals surface area contributed by atoms with Crippen molar-refractivity contribution in [2.24, 2.45) is 0 Å². The highest BCUT2D eigenvalue weighted by Gasteiger charge is 2.21. The van der Waals surface area contributed by atoms with Gasteiger partial charge >= 0.3 is 0 Å². The Morgan fingerprint density at radius 3 is 2.25 bits per heavy atom. The fourth-order valence-corrected chi connectivity index (χ4v) is 2.62. The summed E-state index contributed by atoms with van der Waals surface area (Å²) in [6.07, 6.45) is -1.22. The van der Waals surface area contributed by atoms with Crippen LogP contribution in [0.4, 0.5) is 5.69 Å². The second kappa shape index (κ2) is 6.68. The zero-order valence-electron chi connectivity index (χ0n) is 13.6. The van der Waals surface area contributed by atoms with E-state index in [1.807, 2.05) is 50.2 Å². The number of aryl methyl sites for hydroxylation is 1. The number of aliphatic hydroxyl groups excluding tert-OH is 1. The number of anilines is 1. The minimum atomic E-state index is -1.22. The second-order valence-electron chi connectivity index (χ2n) is 5.60. The largest absolute Gasteiger partial charge is 0.378 e. The Morgan fingerprint density at radius 2 is 1.62 bits per heavy atom. The quantitative estimate of drug-likeness (QED) is 0.775. The third-order valence-corrected chi connectivity index (χ3v) is 3.90. The van der Waals surface area contributed by atoms with E-state index >= 15 is 0 Å². The van der Waals surface area contributed by atoms with Gasteiger partial charge in [0.15, 0.2) is 6.10 Å². The Balaban J connectivity index is 1.86. The van der Waals surface area contributed by atoms with E-state index in [4.69, 9.17) is 0 Å². The molecule has 3 aromatic rings. The first-order valence-corrected chi connectivity index (χ1v) is 7.73. The predicted octanol–water partition coefficient (Wildman–Crippen LogP) is 3.16. The minimum absolute atomic E-state index is 0.472. The number of aromatic nitrogens is 2. The Hall–Kier alpha value is -2.92. The molecule has 0 fully saturated rings. The number of carbonyl (C=O) groups excluding carboxylic acids is 1. The van der Waals surface area contributed by atoms with E-state index in [2.05, 4.69) is 10.4 Å². The van der Waals surface area contributed by atoms with Gasteiger partial charge < -0.3 is 10.4 Å². The molecule has 5 nitrogen and oxygen atoms in total. The van der Waals surface area contributed by atoms with Crippen molar-refractivity contribution in [3.8, 4) is 5.69 Å². The number of rotatable bonds is 4. The summed E-state index contributed by atoms with van der Waals surface area (Å²) in [6, 6.07) is 18.6. The van der Waals surface area contributed by atoms with E-state index in [1.165, 1.54) is 0 Å². The summed E-state index contributed by atoms with van der Waals surface area (Å²) in [5.41, 5.74) is 3.61. The van der Waals surface area contributed by atoms with Crippen molar-refractivity contribution in [1.82, 2.24) is 9.78 Å². The van der Waals surface area contributed by atoms with Crippen LogP contribution in [0.2, 0.25) is 0 Å². The molecule has 0 aliphatic heterocycles. The number of hydrogen-bond donors (Lipinski definition) is 2. The van der Waals surface area contributed by atoms with Gasteiger partial charge in [-0.25, -0.2) is 4.68 Å². The average Bonchev–Trinajstić information content (AvgIpc) is 2.90. The fourth-order valence-electron chi connectivity index (χ4n) is 2.62. The number of hydrogen-bond acceptors (Lipinski definition) is 3. The number of amides is 1. The zero-order chi connectivity index (χ0) is 17.1. The number of benzene rings is 2. The Bertz CT molecular complexity index is 842. The second-order valence-corrected chi connectivity index (χ2v) is 5.60. The number of nitrogens with zero attached hydrogens (tertiary/aromatic N) is 2. The summed E-state index contributed by atoms with van der Waals surface area (Å²) < 4.78 is 1.78. The molecule has 1 aromatic heterocycles. The van der Waals surface area contributed by atoms with Crippen LogP contribution >= 0.6 is 0 Å². The molecule has 1 atom stereocenters. The van der Waals surface area contributed by atoms with Crippen molar-refractivity contribution in [2.75, 3.05) is 5.32 Å². The number of carbonyl (C=O) groups is 1. The molecule has 2 aromatic carbocycles. The van der Waals surface area contributed by atoms with Gasteiger partial charge in [0.05, 0.1) is 22.8 Å². The van der Waals surface area contributed by atoms with E-state index in [0.717, 1.165) is 11.4 Å². The van der Waals surface area contributed by atoms with Crippen LogP contribution in [-0.2, 0) is 4.79 Å². The van der Waals surface area contributed by atoms with Crippen molar-refractivity contribution in [1.29, 1.82) is 0 Å². The van der Waals surface area contributed by atoms with E-state index in [9.17, 15) is 9.90 Å². The third-order valence-electron chi connectivity index (χ3n) is 3.90. The van der Waals surface area contributed by atoms with Gasteiger partial charge in [0.25, 0.3) is 5.91 Å². The molecule has 0 bridgehead atoms. The molecule has 5 heteroatoms. The number of nitrogens with one attached hydrogen (secondary N) is 1. The lowest BCUT2D eigenvalue weighted by molar-refractivity contribution is -0.124. The molecular weight excluding hydrogens is 302 g/mol. The highest BCUT2D eigenvalue weighted by atomic mass is 16.3. The third kappa shape index (κ3) is 3.07. The number of para-hydroxylation sites is 1. The molecule has 0 radical (unpaired) electrons. The van der Waals surface area contributed by atoms with Crippen molar-refractivity contribution >= 4 is 11.6 Å². The van der Waals surface area contributed by atoms with Gasteiger partial charge in [-0.15, -0.1) is 0 Å². The Morgan fingerprint density at radius 1 is 1.04 bits per heavy atom. The van der Waals surface area contributed by atoms with Gasteiger partial charge in [0, 0.05) is 0 Å². The Labute approximate surface area is 140 Å². The first-order chi connectivity index (χ1) is 11.6. The molecule has 122 valence electrons. The van der Waals surface area contributed by atoms with Crippen molar-refractivity contribution in [3.63, 3.8) is 0 Å². The zero-order valence-corrected chi connectivity index (χ0v) is 13.6. The van der Waals surface area contributed by atoms with Gasteiger partial charge in [-0.3, -0.25) is 4.79 Å². The van der Waals surface area contributed by atoms with Crippen LogP contribution in [-0.4, -0.2) is 20.8 Å². The summed E-state index contributed by atoms with van der Waals surface area (Å²) in [6.45, 7) is 3.72. The van der Waals surface area contributed by atoms with Gasteiger partial charge in [-0.2, -0.15) is 5.10 Å². The molecule has 3 rings (SSSR count). The molecule has 1 unspecified atom stereocenters. The molecule has 0 saturated carbocycles. The molecule has 0 aliphatic rings.